The van der Waals surface area contributed by atoms with Crippen LogP contribution < -0.4 is 5.32 Å². The summed E-state index contributed by atoms with van der Waals surface area (Å²) in [6.07, 6.45) is 5.69. The molecule has 2 saturated heterocycles. The third-order valence-electron chi connectivity index (χ3n) is 6.16. The van der Waals surface area contributed by atoms with Crippen LogP contribution in [0, 0.1) is 5.92 Å². The van der Waals surface area contributed by atoms with Gasteiger partial charge in [-0.1, -0.05) is 18.0 Å². The number of rotatable bonds is 7. The van der Waals surface area contributed by atoms with Gasteiger partial charge in [-0.15, -0.1) is 0 Å². The molecule has 1 atom stereocenters. The summed E-state index contributed by atoms with van der Waals surface area (Å²) in [4.78, 5) is 15.0. The Hall–Kier alpha value is -1.15. The van der Waals surface area contributed by atoms with Crippen LogP contribution in [-0.2, 0) is 14.8 Å². The van der Waals surface area contributed by atoms with Gasteiger partial charge in [0.2, 0.25) is 15.9 Å². The maximum atomic E-state index is 12.7. The van der Waals surface area contributed by atoms with Gasteiger partial charge in [0.25, 0.3) is 0 Å². The number of nitrogens with one attached hydrogen (secondary N) is 1. The zero-order valence-corrected chi connectivity index (χ0v) is 18.7. The molecule has 0 spiro atoms. The lowest BCUT2D eigenvalue weighted by atomic mass is 9.94. The Balaban J connectivity index is 1.40. The van der Waals surface area contributed by atoms with Crippen LogP contribution in [0.1, 0.15) is 45.4 Å². The Morgan fingerprint density at radius 2 is 1.79 bits per heavy atom. The van der Waals surface area contributed by atoms with E-state index in [1.807, 2.05) is 0 Å². The van der Waals surface area contributed by atoms with Crippen molar-refractivity contribution in [3.05, 3.63) is 29.3 Å². The average molecular weight is 442 g/mol. The first kappa shape index (κ1) is 22.5. The van der Waals surface area contributed by atoms with Crippen molar-refractivity contribution in [1.29, 1.82) is 0 Å². The molecule has 0 saturated carbocycles. The van der Waals surface area contributed by atoms with Crippen LogP contribution in [-0.4, -0.2) is 62.3 Å². The van der Waals surface area contributed by atoms with Crippen molar-refractivity contribution >= 4 is 27.5 Å². The summed E-state index contributed by atoms with van der Waals surface area (Å²) in [6.45, 7) is 5.88. The summed E-state index contributed by atoms with van der Waals surface area (Å²) < 4.78 is 27.0. The number of piperidine rings is 2. The number of likely N-dealkylation sites (tertiary alicyclic amines) is 1. The molecule has 2 aliphatic heterocycles. The largest absolute Gasteiger partial charge is 0.355 e. The molecule has 0 unspecified atom stereocenters. The first-order chi connectivity index (χ1) is 13.9. The normalized spacial score (nSPS) is 22.5. The molecule has 2 aliphatic rings. The van der Waals surface area contributed by atoms with E-state index in [1.165, 1.54) is 23.6 Å². The van der Waals surface area contributed by atoms with E-state index < -0.39 is 10.0 Å². The highest BCUT2D eigenvalue weighted by atomic mass is 35.5. The molecule has 1 amide bonds. The maximum absolute atomic E-state index is 12.7. The van der Waals surface area contributed by atoms with Crippen molar-refractivity contribution in [1.82, 2.24) is 14.5 Å². The molecule has 0 aliphatic carbocycles. The Morgan fingerprint density at radius 1 is 1.10 bits per heavy atom. The number of halogens is 1. The quantitative estimate of drug-likeness (QED) is 0.705. The van der Waals surface area contributed by atoms with E-state index in [-0.39, 0.29) is 16.7 Å². The summed E-state index contributed by atoms with van der Waals surface area (Å²) in [5, 5.41) is 3.56. The van der Waals surface area contributed by atoms with Crippen molar-refractivity contribution in [2.75, 3.05) is 32.7 Å². The van der Waals surface area contributed by atoms with Gasteiger partial charge in [-0.25, -0.2) is 8.42 Å². The molecule has 29 heavy (non-hydrogen) atoms. The third kappa shape index (κ3) is 6.17. The third-order valence-corrected chi connectivity index (χ3v) is 8.33. The highest BCUT2D eigenvalue weighted by molar-refractivity contribution is 7.89. The summed E-state index contributed by atoms with van der Waals surface area (Å²) in [6, 6.07) is 6.88. The fourth-order valence-electron chi connectivity index (χ4n) is 4.27. The topological polar surface area (TPSA) is 69.7 Å². The van der Waals surface area contributed by atoms with E-state index in [9.17, 15) is 13.2 Å². The molecular weight excluding hydrogens is 410 g/mol. The second-order valence-electron chi connectivity index (χ2n) is 8.24. The Bertz CT molecular complexity index is 777. The molecule has 3 rings (SSSR count). The second-order valence-corrected chi connectivity index (χ2v) is 10.6. The van der Waals surface area contributed by atoms with E-state index in [0.29, 0.717) is 50.0 Å². The van der Waals surface area contributed by atoms with Gasteiger partial charge in [0.1, 0.15) is 0 Å². The second kappa shape index (κ2) is 10.2. The smallest absolute Gasteiger partial charge is 0.243 e. The molecule has 1 aromatic carbocycles. The molecule has 0 radical (unpaired) electrons. The number of hydrogen-bond donors (Lipinski definition) is 1. The Morgan fingerprint density at radius 3 is 2.45 bits per heavy atom. The maximum Gasteiger partial charge on any atom is 0.243 e. The number of hydrogen-bond acceptors (Lipinski definition) is 4. The molecule has 1 aromatic rings. The van der Waals surface area contributed by atoms with Gasteiger partial charge in [0.15, 0.2) is 0 Å². The molecule has 162 valence electrons. The molecule has 1 N–H and O–H groups in total. The highest BCUT2D eigenvalue weighted by Crippen LogP contribution is 2.26. The number of carbonyl (C=O) groups is 1. The number of sulfonamides is 1. The van der Waals surface area contributed by atoms with Gasteiger partial charge in [-0.05, 0) is 69.3 Å². The van der Waals surface area contributed by atoms with Crippen LogP contribution in [0.3, 0.4) is 0 Å². The minimum Gasteiger partial charge on any atom is -0.355 e. The van der Waals surface area contributed by atoms with E-state index in [2.05, 4.69) is 17.1 Å². The van der Waals surface area contributed by atoms with Gasteiger partial charge in [-0.3, -0.25) is 9.69 Å². The average Bonchev–Trinajstić information content (AvgIpc) is 2.70. The molecule has 6 nitrogen and oxygen atoms in total. The van der Waals surface area contributed by atoms with Gasteiger partial charge < -0.3 is 5.32 Å². The molecule has 8 heteroatoms. The van der Waals surface area contributed by atoms with Gasteiger partial charge in [0.05, 0.1) is 4.90 Å². The zero-order chi connectivity index (χ0) is 20.9. The van der Waals surface area contributed by atoms with Crippen LogP contribution in [0.4, 0.5) is 0 Å². The SMILES string of the molecule is C[C@@H]1CCCCN1CCNC(=O)CC1CCN(S(=O)(=O)c2ccc(Cl)cc2)CC1. The van der Waals surface area contributed by atoms with Crippen LogP contribution in [0.25, 0.3) is 0 Å². The fourth-order valence-corrected chi connectivity index (χ4v) is 5.87. The molecule has 0 bridgehead atoms. The monoisotopic (exact) mass is 441 g/mol. The lowest BCUT2D eigenvalue weighted by Gasteiger charge is -2.33. The van der Waals surface area contributed by atoms with Crippen LogP contribution in [0.5, 0.6) is 0 Å². The van der Waals surface area contributed by atoms with E-state index in [1.54, 1.807) is 24.3 Å². The summed E-state index contributed by atoms with van der Waals surface area (Å²) in [5.41, 5.74) is 0. The van der Waals surface area contributed by atoms with Gasteiger partial charge >= 0.3 is 0 Å². The van der Waals surface area contributed by atoms with Crippen molar-refractivity contribution in [3.63, 3.8) is 0 Å². The summed E-state index contributed by atoms with van der Waals surface area (Å²) in [7, 11) is -3.49. The van der Waals surface area contributed by atoms with Crippen molar-refractivity contribution in [3.8, 4) is 0 Å². The predicted molar refractivity (Wildman–Crippen MR) is 115 cm³/mol. The number of benzene rings is 1. The first-order valence-corrected chi connectivity index (χ1v) is 12.4. The molecular formula is C21H32ClN3O3S. The lowest BCUT2D eigenvalue weighted by molar-refractivity contribution is -0.122. The molecule has 0 aromatic heterocycles. The fraction of sp³-hybridized carbons (Fsp3) is 0.667. The minimum absolute atomic E-state index is 0.0775. The molecule has 2 heterocycles. The van der Waals surface area contributed by atoms with Gasteiger partial charge in [-0.2, -0.15) is 4.31 Å². The lowest BCUT2D eigenvalue weighted by Crippen LogP contribution is -2.43. The van der Waals surface area contributed by atoms with Crippen LogP contribution in [0.15, 0.2) is 29.2 Å². The summed E-state index contributed by atoms with van der Waals surface area (Å²) in [5.74, 6) is 0.314. The Labute approximate surface area is 179 Å². The Kier molecular flexibility index (Phi) is 7.96. The first-order valence-electron chi connectivity index (χ1n) is 10.6. The molecule has 2 fully saturated rings. The van der Waals surface area contributed by atoms with Crippen molar-refractivity contribution in [2.45, 2.75) is 56.4 Å². The van der Waals surface area contributed by atoms with E-state index >= 15 is 0 Å². The van der Waals surface area contributed by atoms with Crippen LogP contribution in [0.2, 0.25) is 5.02 Å². The van der Waals surface area contributed by atoms with E-state index in [0.717, 1.165) is 13.1 Å². The number of nitrogens with zero attached hydrogens (tertiary/aromatic N) is 2. The standard InChI is InChI=1S/C21H32ClN3O3S/c1-17-4-2-3-12-24(17)15-11-23-21(26)16-18-9-13-25(14-10-18)29(27,28)20-7-5-19(22)6-8-20/h5-8,17-18H,2-4,9-16H2,1H3,(H,23,26)/t17-/m1/s1. The number of carbonyl (C=O) groups excluding carboxylic acids is 1. The minimum atomic E-state index is -3.49. The van der Waals surface area contributed by atoms with Crippen molar-refractivity contribution < 1.29 is 13.2 Å². The highest BCUT2D eigenvalue weighted by Gasteiger charge is 2.30. The summed E-state index contributed by atoms with van der Waals surface area (Å²) >= 11 is 5.85. The van der Waals surface area contributed by atoms with E-state index in [4.69, 9.17) is 11.6 Å². The van der Waals surface area contributed by atoms with Crippen LogP contribution >= 0.6 is 11.6 Å². The van der Waals surface area contributed by atoms with Gasteiger partial charge in [0, 0.05) is 43.7 Å². The number of amides is 1. The predicted octanol–water partition coefficient (Wildman–Crippen LogP) is 3.12. The van der Waals surface area contributed by atoms with Crippen molar-refractivity contribution in [2.24, 2.45) is 5.92 Å². The zero-order valence-electron chi connectivity index (χ0n) is 17.1.